The Hall–Kier alpha value is -3.34. The SMILES string of the molecule is Cn1cc(-c2cc(N3CCC(C(=O)O)CC3)c3c(C#N)cnn3c2)cn1. The van der Waals surface area contributed by atoms with Gasteiger partial charge in [0.15, 0.2) is 0 Å². The number of nitriles is 1. The minimum absolute atomic E-state index is 0.302. The summed E-state index contributed by atoms with van der Waals surface area (Å²) in [5, 5.41) is 27.2. The molecule has 0 saturated carbocycles. The van der Waals surface area contributed by atoms with Gasteiger partial charge in [-0.3, -0.25) is 9.48 Å². The highest BCUT2D eigenvalue weighted by Gasteiger charge is 2.26. The Bertz CT molecular complexity index is 1020. The van der Waals surface area contributed by atoms with E-state index in [1.165, 1.54) is 0 Å². The number of aromatic nitrogens is 4. The first kappa shape index (κ1) is 16.1. The second-order valence-electron chi connectivity index (χ2n) is 6.58. The van der Waals surface area contributed by atoms with E-state index in [-0.39, 0.29) is 5.92 Å². The Labute approximate surface area is 149 Å². The Morgan fingerprint density at radius 2 is 2.00 bits per heavy atom. The summed E-state index contributed by atoms with van der Waals surface area (Å²) in [5.41, 5.74) is 4.09. The largest absolute Gasteiger partial charge is 0.481 e. The molecule has 132 valence electrons. The van der Waals surface area contributed by atoms with Gasteiger partial charge >= 0.3 is 5.97 Å². The quantitative estimate of drug-likeness (QED) is 0.774. The molecule has 3 aromatic rings. The number of aliphatic carboxylic acids is 1. The second-order valence-corrected chi connectivity index (χ2v) is 6.58. The van der Waals surface area contributed by atoms with Crippen molar-refractivity contribution >= 4 is 17.2 Å². The number of aryl methyl sites for hydroxylation is 1. The van der Waals surface area contributed by atoms with E-state index in [1.807, 2.05) is 25.5 Å². The smallest absolute Gasteiger partial charge is 0.306 e. The molecular formula is C18H18N6O2. The zero-order valence-electron chi connectivity index (χ0n) is 14.3. The number of carboxylic acids is 1. The Balaban J connectivity index is 1.80. The first-order valence-corrected chi connectivity index (χ1v) is 8.45. The Morgan fingerprint density at radius 3 is 2.62 bits per heavy atom. The highest BCUT2D eigenvalue weighted by molar-refractivity contribution is 5.83. The minimum atomic E-state index is -0.735. The van der Waals surface area contributed by atoms with Crippen LogP contribution in [-0.2, 0) is 11.8 Å². The third-order valence-electron chi connectivity index (χ3n) is 4.94. The fraction of sp³-hybridized carbons (Fsp3) is 0.333. The highest BCUT2D eigenvalue weighted by atomic mass is 16.4. The molecule has 1 N–H and O–H groups in total. The van der Waals surface area contributed by atoms with Crippen molar-refractivity contribution in [2.75, 3.05) is 18.0 Å². The van der Waals surface area contributed by atoms with Gasteiger partial charge in [-0.25, -0.2) is 4.52 Å². The summed E-state index contributed by atoms with van der Waals surface area (Å²) in [6, 6.07) is 4.24. The number of hydrogen-bond acceptors (Lipinski definition) is 5. The van der Waals surface area contributed by atoms with Crippen molar-refractivity contribution in [2.45, 2.75) is 12.8 Å². The monoisotopic (exact) mass is 350 g/mol. The summed E-state index contributed by atoms with van der Waals surface area (Å²) in [5.74, 6) is -1.04. The molecule has 26 heavy (non-hydrogen) atoms. The maximum atomic E-state index is 11.2. The van der Waals surface area contributed by atoms with Crippen LogP contribution in [0.2, 0.25) is 0 Å². The Kier molecular flexibility index (Phi) is 3.84. The van der Waals surface area contributed by atoms with Crippen LogP contribution in [0.5, 0.6) is 0 Å². The number of carbonyl (C=O) groups is 1. The zero-order chi connectivity index (χ0) is 18.3. The number of nitrogens with zero attached hydrogens (tertiary/aromatic N) is 6. The molecule has 1 aliphatic heterocycles. The average Bonchev–Trinajstić information content (AvgIpc) is 3.27. The number of piperidine rings is 1. The predicted molar refractivity (Wildman–Crippen MR) is 94.7 cm³/mol. The van der Waals surface area contributed by atoms with Gasteiger partial charge in [-0.1, -0.05) is 0 Å². The van der Waals surface area contributed by atoms with Crippen molar-refractivity contribution in [3.8, 4) is 17.2 Å². The lowest BCUT2D eigenvalue weighted by Gasteiger charge is -2.32. The van der Waals surface area contributed by atoms with E-state index in [2.05, 4.69) is 21.2 Å². The zero-order valence-corrected chi connectivity index (χ0v) is 14.3. The first-order chi connectivity index (χ1) is 12.6. The summed E-state index contributed by atoms with van der Waals surface area (Å²) >= 11 is 0. The van der Waals surface area contributed by atoms with Crippen LogP contribution in [0, 0.1) is 17.2 Å². The molecule has 3 aromatic heterocycles. The molecule has 0 atom stereocenters. The third kappa shape index (κ3) is 2.67. The molecule has 0 aliphatic carbocycles. The molecule has 1 fully saturated rings. The molecule has 4 rings (SSSR count). The number of pyridine rings is 1. The van der Waals surface area contributed by atoms with Gasteiger partial charge in [0, 0.05) is 43.7 Å². The molecule has 1 aliphatic rings. The number of carboxylic acid groups (broad SMARTS) is 1. The highest BCUT2D eigenvalue weighted by Crippen LogP contribution is 2.33. The second kappa shape index (κ2) is 6.19. The van der Waals surface area contributed by atoms with Crippen molar-refractivity contribution in [3.05, 3.63) is 36.4 Å². The summed E-state index contributed by atoms with van der Waals surface area (Å²) in [6.07, 6.45) is 8.35. The fourth-order valence-corrected chi connectivity index (χ4v) is 3.52. The maximum Gasteiger partial charge on any atom is 0.306 e. The molecule has 0 radical (unpaired) electrons. The van der Waals surface area contributed by atoms with Crippen molar-refractivity contribution in [1.29, 1.82) is 5.26 Å². The molecule has 0 aromatic carbocycles. The van der Waals surface area contributed by atoms with Crippen LogP contribution in [0.1, 0.15) is 18.4 Å². The van der Waals surface area contributed by atoms with Gasteiger partial charge < -0.3 is 10.0 Å². The van der Waals surface area contributed by atoms with Crippen LogP contribution >= 0.6 is 0 Å². The van der Waals surface area contributed by atoms with Crippen LogP contribution in [0.3, 0.4) is 0 Å². The summed E-state index contributed by atoms with van der Waals surface area (Å²) in [7, 11) is 1.86. The number of hydrogen-bond donors (Lipinski definition) is 1. The van der Waals surface area contributed by atoms with Crippen LogP contribution < -0.4 is 4.90 Å². The van der Waals surface area contributed by atoms with E-state index in [4.69, 9.17) is 0 Å². The van der Waals surface area contributed by atoms with E-state index in [0.29, 0.717) is 31.5 Å². The van der Waals surface area contributed by atoms with E-state index in [1.54, 1.807) is 21.6 Å². The molecule has 0 unspecified atom stereocenters. The lowest BCUT2D eigenvalue weighted by atomic mass is 9.96. The number of rotatable bonds is 3. The van der Waals surface area contributed by atoms with Crippen molar-refractivity contribution in [2.24, 2.45) is 13.0 Å². The summed E-state index contributed by atoms with van der Waals surface area (Å²) in [6.45, 7) is 1.28. The van der Waals surface area contributed by atoms with E-state index >= 15 is 0 Å². The van der Waals surface area contributed by atoms with Crippen molar-refractivity contribution in [1.82, 2.24) is 19.4 Å². The predicted octanol–water partition coefficient (Wildman–Crippen LogP) is 1.91. The fourth-order valence-electron chi connectivity index (χ4n) is 3.52. The van der Waals surface area contributed by atoms with Gasteiger partial charge in [-0.15, -0.1) is 0 Å². The molecular weight excluding hydrogens is 332 g/mol. The third-order valence-corrected chi connectivity index (χ3v) is 4.94. The van der Waals surface area contributed by atoms with Gasteiger partial charge in [-0.05, 0) is 18.9 Å². The van der Waals surface area contributed by atoms with Gasteiger partial charge in [0.25, 0.3) is 0 Å². The van der Waals surface area contributed by atoms with Crippen LogP contribution in [0.25, 0.3) is 16.6 Å². The molecule has 0 spiro atoms. The van der Waals surface area contributed by atoms with Gasteiger partial charge in [-0.2, -0.15) is 15.5 Å². The van der Waals surface area contributed by atoms with E-state index < -0.39 is 5.97 Å². The standard InChI is InChI=1S/C18H18N6O2/c1-22-10-15(9-20-22)13-6-16(17-14(7-19)8-21-24(17)11-13)23-4-2-12(3-5-23)18(25)26/h6,8-12H,2-5H2,1H3,(H,25,26). The van der Waals surface area contributed by atoms with Gasteiger partial charge in [0.2, 0.25) is 0 Å². The van der Waals surface area contributed by atoms with Crippen LogP contribution in [0.4, 0.5) is 5.69 Å². The maximum absolute atomic E-state index is 11.2. The lowest BCUT2D eigenvalue weighted by Crippen LogP contribution is -2.36. The molecule has 0 bridgehead atoms. The van der Waals surface area contributed by atoms with Crippen molar-refractivity contribution < 1.29 is 9.90 Å². The number of fused-ring (bicyclic) bond motifs is 1. The van der Waals surface area contributed by atoms with Crippen LogP contribution in [-0.4, -0.2) is 43.6 Å². The Morgan fingerprint density at radius 1 is 1.23 bits per heavy atom. The lowest BCUT2D eigenvalue weighted by molar-refractivity contribution is -0.142. The van der Waals surface area contributed by atoms with Gasteiger partial charge in [0.1, 0.15) is 11.6 Å². The van der Waals surface area contributed by atoms with E-state index in [9.17, 15) is 15.2 Å². The summed E-state index contributed by atoms with van der Waals surface area (Å²) in [4.78, 5) is 13.4. The van der Waals surface area contributed by atoms with Gasteiger partial charge in [0.05, 0.1) is 29.6 Å². The van der Waals surface area contributed by atoms with E-state index in [0.717, 1.165) is 22.3 Å². The number of anilines is 1. The minimum Gasteiger partial charge on any atom is -0.481 e. The molecule has 1 saturated heterocycles. The average molecular weight is 350 g/mol. The van der Waals surface area contributed by atoms with Crippen molar-refractivity contribution in [3.63, 3.8) is 0 Å². The summed E-state index contributed by atoms with van der Waals surface area (Å²) < 4.78 is 3.46. The topological polar surface area (TPSA) is 99.4 Å². The molecule has 0 amide bonds. The molecule has 8 heteroatoms. The molecule has 8 nitrogen and oxygen atoms in total. The van der Waals surface area contributed by atoms with Crippen LogP contribution in [0.15, 0.2) is 30.9 Å². The molecule has 4 heterocycles. The first-order valence-electron chi connectivity index (χ1n) is 8.45. The normalized spacial score (nSPS) is 15.3.